The predicted molar refractivity (Wildman–Crippen MR) is 57.0 cm³/mol. The Morgan fingerprint density at radius 2 is 2.00 bits per heavy atom. The van der Waals surface area contributed by atoms with Crippen LogP contribution in [0.4, 0.5) is 0 Å². The van der Waals surface area contributed by atoms with Crippen LogP contribution in [0.5, 0.6) is 5.75 Å². The van der Waals surface area contributed by atoms with E-state index < -0.39 is 0 Å². The zero-order valence-electron chi connectivity index (χ0n) is 8.47. The summed E-state index contributed by atoms with van der Waals surface area (Å²) in [6, 6.07) is 3.14. The zero-order chi connectivity index (χ0) is 10.9. The Labute approximate surface area is 88.5 Å². The highest BCUT2D eigenvalue weighted by Crippen LogP contribution is 2.28. The fourth-order valence-electron chi connectivity index (χ4n) is 1.23. The topological polar surface area (TPSA) is 37.3 Å². The van der Waals surface area contributed by atoms with Gasteiger partial charge in [-0.3, -0.25) is 4.79 Å². The summed E-state index contributed by atoms with van der Waals surface area (Å²) in [4.78, 5) is 11.7. The number of rotatable bonds is 2. The van der Waals surface area contributed by atoms with Crippen molar-refractivity contribution >= 4 is 17.4 Å². The maximum absolute atomic E-state index is 11.7. The number of phenolic OH excluding ortho intramolecular Hbond substituents is 1. The van der Waals surface area contributed by atoms with Gasteiger partial charge in [0.2, 0.25) is 0 Å². The van der Waals surface area contributed by atoms with Crippen molar-refractivity contribution in [2.24, 2.45) is 5.92 Å². The lowest BCUT2D eigenvalue weighted by atomic mass is 9.98. The molecule has 76 valence electrons. The first-order chi connectivity index (χ1) is 6.43. The summed E-state index contributed by atoms with van der Waals surface area (Å²) in [5.74, 6) is -0.194. The molecule has 2 nitrogen and oxygen atoms in total. The van der Waals surface area contributed by atoms with Crippen LogP contribution < -0.4 is 0 Å². The Bertz CT molecular complexity index is 370. The number of ketones is 1. The van der Waals surface area contributed by atoms with E-state index in [1.54, 1.807) is 26.8 Å². The lowest BCUT2D eigenvalue weighted by Crippen LogP contribution is -2.08. The fourth-order valence-corrected chi connectivity index (χ4v) is 1.51. The van der Waals surface area contributed by atoms with E-state index in [2.05, 4.69) is 0 Å². The molecule has 0 aromatic heterocycles. The normalized spacial score (nSPS) is 10.6. The highest BCUT2D eigenvalue weighted by Gasteiger charge is 2.16. The van der Waals surface area contributed by atoms with E-state index >= 15 is 0 Å². The van der Waals surface area contributed by atoms with Crippen molar-refractivity contribution in [2.75, 3.05) is 0 Å². The SMILES string of the molecule is Cc1cc(Cl)cc(C(=O)C(C)C)c1O. The number of aromatic hydroxyl groups is 1. The van der Waals surface area contributed by atoms with Gasteiger partial charge >= 0.3 is 0 Å². The molecular weight excluding hydrogens is 200 g/mol. The second-order valence-electron chi connectivity index (χ2n) is 3.64. The third kappa shape index (κ3) is 2.07. The number of Topliss-reactive ketones (excluding diaryl/α,β-unsaturated/α-hetero) is 1. The Kier molecular flexibility index (Phi) is 3.17. The number of halogens is 1. The summed E-state index contributed by atoms with van der Waals surface area (Å²) in [6.45, 7) is 5.30. The molecule has 0 bridgehead atoms. The molecule has 0 aliphatic rings. The molecule has 0 atom stereocenters. The molecule has 0 saturated carbocycles. The van der Waals surface area contributed by atoms with Crippen molar-refractivity contribution in [3.8, 4) is 5.75 Å². The van der Waals surface area contributed by atoms with E-state index in [9.17, 15) is 9.90 Å². The highest BCUT2D eigenvalue weighted by molar-refractivity contribution is 6.31. The van der Waals surface area contributed by atoms with Crippen molar-refractivity contribution in [3.05, 3.63) is 28.3 Å². The lowest BCUT2D eigenvalue weighted by molar-refractivity contribution is 0.0936. The van der Waals surface area contributed by atoms with Crippen LogP contribution in [-0.2, 0) is 0 Å². The minimum absolute atomic E-state index is 0.0353. The van der Waals surface area contributed by atoms with Gasteiger partial charge < -0.3 is 5.11 Å². The molecule has 0 fully saturated rings. The van der Waals surface area contributed by atoms with Crippen LogP contribution >= 0.6 is 11.6 Å². The minimum atomic E-state index is -0.140. The van der Waals surface area contributed by atoms with E-state index in [0.29, 0.717) is 16.1 Å². The molecule has 0 amide bonds. The molecule has 0 unspecified atom stereocenters. The van der Waals surface area contributed by atoms with Crippen molar-refractivity contribution in [3.63, 3.8) is 0 Å². The molecular formula is C11H13ClO2. The molecule has 0 aliphatic carbocycles. The van der Waals surface area contributed by atoms with Gasteiger partial charge in [0.15, 0.2) is 5.78 Å². The van der Waals surface area contributed by atoms with Gasteiger partial charge in [-0.15, -0.1) is 0 Å². The summed E-state index contributed by atoms with van der Waals surface area (Å²) < 4.78 is 0. The maximum Gasteiger partial charge on any atom is 0.169 e. The maximum atomic E-state index is 11.7. The van der Waals surface area contributed by atoms with Gasteiger partial charge in [-0.1, -0.05) is 25.4 Å². The monoisotopic (exact) mass is 212 g/mol. The van der Waals surface area contributed by atoms with Crippen molar-refractivity contribution < 1.29 is 9.90 Å². The van der Waals surface area contributed by atoms with E-state index in [-0.39, 0.29) is 17.5 Å². The van der Waals surface area contributed by atoms with E-state index in [0.717, 1.165) is 0 Å². The van der Waals surface area contributed by atoms with Gasteiger partial charge in [-0.25, -0.2) is 0 Å². The first-order valence-corrected chi connectivity index (χ1v) is 4.84. The van der Waals surface area contributed by atoms with E-state index in [1.165, 1.54) is 6.07 Å². The zero-order valence-corrected chi connectivity index (χ0v) is 9.22. The molecule has 1 aromatic rings. The summed E-state index contributed by atoms with van der Waals surface area (Å²) in [6.07, 6.45) is 0. The number of hydrogen-bond donors (Lipinski definition) is 1. The number of phenols is 1. The molecule has 3 heteroatoms. The molecule has 1 aromatic carbocycles. The molecule has 0 radical (unpaired) electrons. The Hall–Kier alpha value is -1.02. The number of benzene rings is 1. The second-order valence-corrected chi connectivity index (χ2v) is 4.07. The first-order valence-electron chi connectivity index (χ1n) is 4.46. The summed E-state index contributed by atoms with van der Waals surface area (Å²) in [5.41, 5.74) is 0.937. The summed E-state index contributed by atoms with van der Waals surface area (Å²) in [7, 11) is 0. The second kappa shape index (κ2) is 4.01. The fraction of sp³-hybridized carbons (Fsp3) is 0.364. The summed E-state index contributed by atoms with van der Waals surface area (Å²) >= 11 is 5.81. The number of carbonyl (C=O) groups excluding carboxylic acids is 1. The lowest BCUT2D eigenvalue weighted by Gasteiger charge is -2.09. The molecule has 0 spiro atoms. The van der Waals surface area contributed by atoms with Crippen molar-refractivity contribution in [1.29, 1.82) is 0 Å². The van der Waals surface area contributed by atoms with Crippen LogP contribution in [-0.4, -0.2) is 10.9 Å². The molecule has 0 aliphatic heterocycles. The average molecular weight is 213 g/mol. The molecule has 14 heavy (non-hydrogen) atoms. The van der Waals surface area contributed by atoms with Gasteiger partial charge in [0, 0.05) is 10.9 Å². The van der Waals surface area contributed by atoms with Gasteiger partial charge in [0.05, 0.1) is 5.56 Å². The Morgan fingerprint density at radius 1 is 1.43 bits per heavy atom. The van der Waals surface area contributed by atoms with E-state index in [4.69, 9.17) is 11.6 Å². The first kappa shape index (κ1) is 11.1. The van der Waals surface area contributed by atoms with Crippen LogP contribution in [0, 0.1) is 12.8 Å². The summed E-state index contributed by atoms with van der Waals surface area (Å²) in [5, 5.41) is 10.1. The van der Waals surface area contributed by atoms with Crippen molar-refractivity contribution in [1.82, 2.24) is 0 Å². The highest BCUT2D eigenvalue weighted by atomic mass is 35.5. The quantitative estimate of drug-likeness (QED) is 0.765. The molecule has 0 saturated heterocycles. The van der Waals surface area contributed by atoms with Crippen LogP contribution in [0.1, 0.15) is 29.8 Å². The van der Waals surface area contributed by atoms with Crippen LogP contribution in [0.25, 0.3) is 0 Å². The third-order valence-corrected chi connectivity index (χ3v) is 2.27. The number of aryl methyl sites for hydroxylation is 1. The molecule has 1 N–H and O–H groups in total. The Morgan fingerprint density at radius 3 is 2.50 bits per heavy atom. The third-order valence-electron chi connectivity index (χ3n) is 2.06. The van der Waals surface area contributed by atoms with Crippen LogP contribution in [0.2, 0.25) is 5.02 Å². The Balaban J connectivity index is 3.27. The van der Waals surface area contributed by atoms with E-state index in [1.807, 2.05) is 0 Å². The molecule has 1 rings (SSSR count). The molecule has 0 heterocycles. The smallest absolute Gasteiger partial charge is 0.169 e. The van der Waals surface area contributed by atoms with Gasteiger partial charge in [0.1, 0.15) is 5.75 Å². The van der Waals surface area contributed by atoms with Gasteiger partial charge in [-0.05, 0) is 24.6 Å². The van der Waals surface area contributed by atoms with Crippen LogP contribution in [0.3, 0.4) is 0 Å². The van der Waals surface area contributed by atoms with Crippen LogP contribution in [0.15, 0.2) is 12.1 Å². The van der Waals surface area contributed by atoms with Gasteiger partial charge in [0.25, 0.3) is 0 Å². The number of hydrogen-bond acceptors (Lipinski definition) is 2. The minimum Gasteiger partial charge on any atom is -0.507 e. The average Bonchev–Trinajstić information content (AvgIpc) is 2.09. The predicted octanol–water partition coefficient (Wildman–Crippen LogP) is 3.19. The standard InChI is InChI=1S/C11H13ClO2/c1-6(2)10(13)9-5-8(12)4-7(3)11(9)14/h4-6,14H,1-3H3. The largest absolute Gasteiger partial charge is 0.507 e. The van der Waals surface area contributed by atoms with Crippen molar-refractivity contribution in [2.45, 2.75) is 20.8 Å². The number of carbonyl (C=O) groups is 1. The van der Waals surface area contributed by atoms with Gasteiger partial charge in [-0.2, -0.15) is 0 Å².